The van der Waals surface area contributed by atoms with Crippen molar-refractivity contribution in [2.24, 2.45) is 0 Å². The van der Waals surface area contributed by atoms with E-state index in [1.807, 2.05) is 6.07 Å². The van der Waals surface area contributed by atoms with E-state index in [9.17, 15) is 4.39 Å². The fourth-order valence-corrected chi connectivity index (χ4v) is 3.02. The third-order valence-electron chi connectivity index (χ3n) is 4.24. The summed E-state index contributed by atoms with van der Waals surface area (Å²) >= 11 is 0. The van der Waals surface area contributed by atoms with E-state index >= 15 is 0 Å². The number of methoxy groups -OCH3 is 1. The first-order valence-corrected chi connectivity index (χ1v) is 7.58. The first-order valence-electron chi connectivity index (χ1n) is 7.58. The highest BCUT2D eigenvalue weighted by molar-refractivity contribution is 5.89. The molecular formula is C16H21FN4O. The van der Waals surface area contributed by atoms with Gasteiger partial charge in [0.1, 0.15) is 23.5 Å². The van der Waals surface area contributed by atoms with Crippen molar-refractivity contribution >= 4 is 16.7 Å². The molecule has 3 rings (SSSR count). The fourth-order valence-electron chi connectivity index (χ4n) is 3.02. The minimum Gasteiger partial charge on any atom is -0.383 e. The number of aromatic nitrogens is 2. The highest BCUT2D eigenvalue weighted by atomic mass is 19.1. The zero-order chi connectivity index (χ0) is 15.5. The van der Waals surface area contributed by atoms with Crippen molar-refractivity contribution in [2.75, 3.05) is 44.8 Å². The summed E-state index contributed by atoms with van der Waals surface area (Å²) in [5, 5.41) is 0.778. The standard InChI is InChI=1S/C16H21FN4O/c1-12-10-21(7-6-20(12)8-9-22-2)16-13-4-3-5-14(17)15(13)18-11-19-16/h3-5,11-12H,6-10H2,1-2H3. The second-order valence-electron chi connectivity index (χ2n) is 5.66. The van der Waals surface area contributed by atoms with Crippen molar-refractivity contribution in [2.45, 2.75) is 13.0 Å². The maximum atomic E-state index is 13.9. The molecule has 1 saturated heterocycles. The van der Waals surface area contributed by atoms with Gasteiger partial charge in [-0.1, -0.05) is 6.07 Å². The lowest BCUT2D eigenvalue weighted by Crippen LogP contribution is -2.53. The number of ether oxygens (including phenoxy) is 1. The largest absolute Gasteiger partial charge is 0.383 e. The average Bonchev–Trinajstić information content (AvgIpc) is 2.54. The summed E-state index contributed by atoms with van der Waals surface area (Å²) in [4.78, 5) is 13.1. The Morgan fingerprint density at radius 1 is 1.32 bits per heavy atom. The molecule has 1 aliphatic heterocycles. The quantitative estimate of drug-likeness (QED) is 0.863. The number of benzene rings is 1. The van der Waals surface area contributed by atoms with E-state index in [-0.39, 0.29) is 5.82 Å². The van der Waals surface area contributed by atoms with Crippen LogP contribution in [0.25, 0.3) is 10.9 Å². The van der Waals surface area contributed by atoms with Gasteiger partial charge in [-0.2, -0.15) is 0 Å². The number of fused-ring (bicyclic) bond motifs is 1. The summed E-state index contributed by atoms with van der Waals surface area (Å²) in [5.41, 5.74) is 0.391. The molecule has 1 aromatic carbocycles. The van der Waals surface area contributed by atoms with Crippen LogP contribution < -0.4 is 4.90 Å². The molecule has 0 saturated carbocycles. The molecule has 1 aromatic heterocycles. The van der Waals surface area contributed by atoms with Gasteiger partial charge >= 0.3 is 0 Å². The maximum absolute atomic E-state index is 13.9. The highest BCUT2D eigenvalue weighted by Crippen LogP contribution is 2.26. The molecule has 22 heavy (non-hydrogen) atoms. The van der Waals surface area contributed by atoms with Crippen LogP contribution in [0.1, 0.15) is 6.92 Å². The first-order chi connectivity index (χ1) is 10.7. The van der Waals surface area contributed by atoms with E-state index in [1.54, 1.807) is 13.2 Å². The van der Waals surface area contributed by atoms with Crippen LogP contribution in [0, 0.1) is 5.82 Å². The molecule has 6 heteroatoms. The number of halogens is 1. The molecule has 0 radical (unpaired) electrons. The molecule has 0 spiro atoms. The predicted molar refractivity (Wildman–Crippen MR) is 84.6 cm³/mol. The van der Waals surface area contributed by atoms with E-state index in [4.69, 9.17) is 4.74 Å². The Morgan fingerprint density at radius 3 is 2.95 bits per heavy atom. The summed E-state index contributed by atoms with van der Waals surface area (Å²) in [6.45, 7) is 6.57. The van der Waals surface area contributed by atoms with Gasteiger partial charge in [-0.25, -0.2) is 14.4 Å². The normalized spacial score (nSPS) is 19.8. The number of rotatable bonds is 4. The summed E-state index contributed by atoms with van der Waals surface area (Å²) in [5.74, 6) is 0.524. The van der Waals surface area contributed by atoms with Gasteiger partial charge in [-0.15, -0.1) is 0 Å². The van der Waals surface area contributed by atoms with E-state index < -0.39 is 0 Å². The monoisotopic (exact) mass is 304 g/mol. The molecular weight excluding hydrogens is 283 g/mol. The fraction of sp³-hybridized carbons (Fsp3) is 0.500. The van der Waals surface area contributed by atoms with Gasteiger partial charge < -0.3 is 9.64 Å². The number of hydrogen-bond donors (Lipinski definition) is 0. The van der Waals surface area contributed by atoms with Gasteiger partial charge in [0.2, 0.25) is 0 Å². The van der Waals surface area contributed by atoms with Crippen molar-refractivity contribution < 1.29 is 9.13 Å². The van der Waals surface area contributed by atoms with Crippen molar-refractivity contribution in [3.05, 3.63) is 30.3 Å². The van der Waals surface area contributed by atoms with Gasteiger partial charge in [-0.05, 0) is 19.1 Å². The van der Waals surface area contributed by atoms with Gasteiger partial charge in [-0.3, -0.25) is 4.90 Å². The van der Waals surface area contributed by atoms with Gasteiger partial charge in [0, 0.05) is 44.7 Å². The van der Waals surface area contributed by atoms with E-state index in [2.05, 4.69) is 26.7 Å². The molecule has 118 valence electrons. The SMILES string of the molecule is COCCN1CCN(c2ncnc3c(F)cccc23)CC1C. The van der Waals surface area contributed by atoms with Crippen LogP contribution in [0.5, 0.6) is 0 Å². The molecule has 0 aliphatic carbocycles. The molecule has 1 atom stereocenters. The minimum absolute atomic E-state index is 0.298. The van der Waals surface area contributed by atoms with Crippen LogP contribution in [-0.2, 0) is 4.74 Å². The Morgan fingerprint density at radius 2 is 2.18 bits per heavy atom. The predicted octanol–water partition coefficient (Wildman–Crippen LogP) is 1.93. The molecule has 2 aromatic rings. The van der Waals surface area contributed by atoms with Crippen molar-refractivity contribution in [3.8, 4) is 0 Å². The summed E-state index contributed by atoms with van der Waals surface area (Å²) < 4.78 is 19.0. The van der Waals surface area contributed by atoms with Gasteiger partial charge in [0.05, 0.1) is 6.61 Å². The molecule has 5 nitrogen and oxygen atoms in total. The minimum atomic E-state index is -0.298. The third kappa shape index (κ3) is 2.89. The van der Waals surface area contributed by atoms with E-state index in [1.165, 1.54) is 12.4 Å². The Balaban J connectivity index is 1.83. The Bertz CT molecular complexity index is 651. The van der Waals surface area contributed by atoms with Crippen LogP contribution in [0.4, 0.5) is 10.2 Å². The van der Waals surface area contributed by atoms with Crippen LogP contribution in [0.15, 0.2) is 24.5 Å². The zero-order valence-corrected chi connectivity index (χ0v) is 13.0. The lowest BCUT2D eigenvalue weighted by atomic mass is 10.1. The molecule has 0 amide bonds. The second kappa shape index (κ2) is 6.54. The van der Waals surface area contributed by atoms with Gasteiger partial charge in [0.25, 0.3) is 0 Å². The lowest BCUT2D eigenvalue weighted by molar-refractivity contribution is 0.117. The maximum Gasteiger partial charge on any atom is 0.149 e. The van der Waals surface area contributed by atoms with E-state index in [0.717, 1.165) is 44.0 Å². The number of para-hydroxylation sites is 1. The van der Waals surface area contributed by atoms with E-state index in [0.29, 0.717) is 11.6 Å². The highest BCUT2D eigenvalue weighted by Gasteiger charge is 2.25. The zero-order valence-electron chi connectivity index (χ0n) is 13.0. The second-order valence-corrected chi connectivity index (χ2v) is 5.66. The lowest BCUT2D eigenvalue weighted by Gasteiger charge is -2.40. The molecule has 2 heterocycles. The van der Waals surface area contributed by atoms with Crippen molar-refractivity contribution in [1.29, 1.82) is 0 Å². The van der Waals surface area contributed by atoms with Crippen LogP contribution in [0.2, 0.25) is 0 Å². The summed E-state index contributed by atoms with van der Waals surface area (Å²) in [6.07, 6.45) is 1.45. The average molecular weight is 304 g/mol. The summed E-state index contributed by atoms with van der Waals surface area (Å²) in [7, 11) is 1.72. The van der Waals surface area contributed by atoms with Crippen molar-refractivity contribution in [3.63, 3.8) is 0 Å². The summed E-state index contributed by atoms with van der Waals surface area (Å²) in [6, 6.07) is 5.44. The Hall–Kier alpha value is -1.79. The number of anilines is 1. The molecule has 1 aliphatic rings. The Kier molecular flexibility index (Phi) is 4.49. The molecule has 1 fully saturated rings. The third-order valence-corrected chi connectivity index (χ3v) is 4.24. The number of nitrogens with zero attached hydrogens (tertiary/aromatic N) is 4. The van der Waals surface area contributed by atoms with Crippen molar-refractivity contribution in [1.82, 2.24) is 14.9 Å². The number of piperazine rings is 1. The number of hydrogen-bond acceptors (Lipinski definition) is 5. The molecule has 0 N–H and O–H groups in total. The first kappa shape index (κ1) is 15.1. The van der Waals surface area contributed by atoms with Crippen LogP contribution in [-0.4, -0.2) is 60.8 Å². The smallest absolute Gasteiger partial charge is 0.149 e. The topological polar surface area (TPSA) is 41.5 Å². The van der Waals surface area contributed by atoms with Crippen LogP contribution in [0.3, 0.4) is 0 Å². The molecule has 1 unspecified atom stereocenters. The van der Waals surface area contributed by atoms with Gasteiger partial charge in [0.15, 0.2) is 0 Å². The molecule has 0 bridgehead atoms. The Labute approximate surface area is 129 Å². The van der Waals surface area contributed by atoms with Crippen LogP contribution >= 0.6 is 0 Å².